The van der Waals surface area contributed by atoms with E-state index in [-0.39, 0.29) is 25.2 Å². The molecule has 0 spiro atoms. The molecule has 6 nitrogen and oxygen atoms in total. The molecule has 0 amide bonds. The summed E-state index contributed by atoms with van der Waals surface area (Å²) < 4.78 is 47.4. The molecule has 1 aliphatic heterocycles. The number of carboxylic acids is 1. The lowest BCUT2D eigenvalue weighted by molar-refractivity contribution is -0.296. The average molecular weight is 378 g/mol. The van der Waals surface area contributed by atoms with E-state index >= 15 is 0 Å². The highest BCUT2D eigenvalue weighted by Crippen LogP contribution is 2.51. The van der Waals surface area contributed by atoms with Gasteiger partial charge < -0.3 is 24.1 Å². The van der Waals surface area contributed by atoms with Crippen LogP contribution in [0.15, 0.2) is 0 Å². The monoisotopic (exact) mass is 378 g/mol. The van der Waals surface area contributed by atoms with Crippen molar-refractivity contribution < 1.29 is 37.6 Å². The molecule has 0 aromatic heterocycles. The van der Waals surface area contributed by atoms with Crippen molar-refractivity contribution in [2.45, 2.75) is 57.3 Å². The maximum Gasteiger partial charge on any atom is 0.456 e. The highest BCUT2D eigenvalue weighted by atomic mass is 19.3. The van der Waals surface area contributed by atoms with Crippen LogP contribution in [0.25, 0.3) is 0 Å². The van der Waals surface area contributed by atoms with Crippen molar-refractivity contribution in [1.29, 1.82) is 0 Å². The lowest BCUT2D eigenvalue weighted by Crippen LogP contribution is -2.46. The summed E-state index contributed by atoms with van der Waals surface area (Å²) in [6.45, 7) is 2.53. The Morgan fingerprint density at radius 3 is 2.65 bits per heavy atom. The van der Waals surface area contributed by atoms with E-state index in [0.717, 1.165) is 25.2 Å². The fourth-order valence-electron chi connectivity index (χ4n) is 4.94. The van der Waals surface area contributed by atoms with Gasteiger partial charge in [0.25, 0.3) is 0 Å². The lowest BCUT2D eigenvalue weighted by Gasteiger charge is -2.47. The molecule has 2 saturated carbocycles. The van der Waals surface area contributed by atoms with E-state index in [1.54, 1.807) is 0 Å². The molecule has 0 aromatic rings. The summed E-state index contributed by atoms with van der Waals surface area (Å²) in [6, 6.07) is 0. The molecule has 3 unspecified atom stereocenters. The normalized spacial score (nSPS) is 34.0. The van der Waals surface area contributed by atoms with E-state index in [9.17, 15) is 13.6 Å². The van der Waals surface area contributed by atoms with Gasteiger partial charge in [-0.15, -0.1) is 0 Å². The van der Waals surface area contributed by atoms with Crippen molar-refractivity contribution in [3.8, 4) is 0 Å². The fourth-order valence-corrected chi connectivity index (χ4v) is 4.94. The second kappa shape index (κ2) is 7.66. The smallest absolute Gasteiger partial charge is 0.456 e. The van der Waals surface area contributed by atoms with Crippen LogP contribution in [0, 0.1) is 17.3 Å². The molecule has 3 fully saturated rings. The molecule has 1 N–H and O–H groups in total. The lowest BCUT2D eigenvalue weighted by atomic mass is 9.59. The van der Waals surface area contributed by atoms with Crippen LogP contribution in [0.5, 0.6) is 0 Å². The molecule has 1 heterocycles. The number of alkyl halides is 2. The molecule has 3 aliphatic rings. The van der Waals surface area contributed by atoms with Crippen molar-refractivity contribution in [3.05, 3.63) is 0 Å². The van der Waals surface area contributed by atoms with Gasteiger partial charge in [-0.05, 0) is 42.9 Å². The van der Waals surface area contributed by atoms with Crippen LogP contribution < -0.4 is 0 Å². The zero-order valence-electron chi connectivity index (χ0n) is 15.2. The first-order chi connectivity index (χ1) is 12.2. The molecule has 2 bridgehead atoms. The van der Waals surface area contributed by atoms with Crippen molar-refractivity contribution >= 4 is 5.97 Å². The number of aliphatic carboxylic acids is 1. The Labute approximate surface area is 152 Å². The number of carbonyl (C=O) groups is 1. The number of halogens is 2. The number of carboxylic acid groups (broad SMARTS) is 1. The Morgan fingerprint density at radius 2 is 1.96 bits per heavy atom. The van der Waals surface area contributed by atoms with Crippen LogP contribution >= 0.6 is 0 Å². The summed E-state index contributed by atoms with van der Waals surface area (Å²) in [5.41, 5.74) is 0.145. The minimum absolute atomic E-state index is 0.0521. The van der Waals surface area contributed by atoms with E-state index in [4.69, 9.17) is 19.3 Å². The largest absolute Gasteiger partial charge is 0.475 e. The highest BCUT2D eigenvalue weighted by molar-refractivity contribution is 5.73. The zero-order chi connectivity index (χ0) is 18.8. The van der Waals surface area contributed by atoms with Gasteiger partial charge in [0.2, 0.25) is 5.79 Å². The maximum atomic E-state index is 13.2. The molecule has 0 aromatic carbocycles. The third-order valence-corrected chi connectivity index (χ3v) is 5.82. The minimum atomic E-state index is -4.28. The highest BCUT2D eigenvalue weighted by Gasteiger charge is 2.47. The number of hydrogen-bond donors (Lipinski definition) is 1. The van der Waals surface area contributed by atoms with Gasteiger partial charge in [-0.1, -0.05) is 19.8 Å². The molecule has 2 aliphatic carbocycles. The summed E-state index contributed by atoms with van der Waals surface area (Å²) in [7, 11) is 0. The van der Waals surface area contributed by atoms with Crippen LogP contribution in [-0.4, -0.2) is 56.0 Å². The second-order valence-corrected chi connectivity index (χ2v) is 8.22. The van der Waals surface area contributed by atoms with Gasteiger partial charge in [-0.25, -0.2) is 4.79 Å². The topological polar surface area (TPSA) is 74.2 Å². The zero-order valence-corrected chi connectivity index (χ0v) is 15.2. The number of ether oxygens (including phenoxy) is 4. The Hall–Kier alpha value is -0.830. The quantitative estimate of drug-likeness (QED) is 0.700. The van der Waals surface area contributed by atoms with Crippen molar-refractivity contribution in [3.63, 3.8) is 0 Å². The number of fused-ring (bicyclic) bond motifs is 2. The van der Waals surface area contributed by atoms with Gasteiger partial charge in [0.1, 0.15) is 13.2 Å². The van der Waals surface area contributed by atoms with Gasteiger partial charge >= 0.3 is 12.1 Å². The van der Waals surface area contributed by atoms with Crippen LogP contribution in [0.4, 0.5) is 8.78 Å². The Bertz CT molecular complexity index is 504. The van der Waals surface area contributed by atoms with E-state index in [0.29, 0.717) is 12.5 Å². The molecule has 0 radical (unpaired) electrons. The summed E-state index contributed by atoms with van der Waals surface area (Å²) >= 11 is 0. The average Bonchev–Trinajstić information content (AvgIpc) is 3.01. The number of rotatable bonds is 8. The standard InChI is InChI=1S/C18H28F2O6/c1-13-7-14-3-2-4-16(8-13,9-14)10-23-11-17(24-5-6-25-17)12-26-18(19,20)15(21)22/h13-14H,2-12H2,1H3,(H,21,22). The van der Waals surface area contributed by atoms with Gasteiger partial charge in [0.05, 0.1) is 19.8 Å². The van der Waals surface area contributed by atoms with E-state index in [1.807, 2.05) is 0 Å². The van der Waals surface area contributed by atoms with Crippen molar-refractivity contribution in [2.24, 2.45) is 17.3 Å². The van der Waals surface area contributed by atoms with Gasteiger partial charge in [-0.3, -0.25) is 0 Å². The van der Waals surface area contributed by atoms with Gasteiger partial charge in [0, 0.05) is 0 Å². The molecule has 3 atom stereocenters. The van der Waals surface area contributed by atoms with E-state index < -0.39 is 24.5 Å². The van der Waals surface area contributed by atoms with Crippen LogP contribution in [-0.2, 0) is 23.7 Å². The van der Waals surface area contributed by atoms with Gasteiger partial charge in [-0.2, -0.15) is 8.78 Å². The molecular formula is C18H28F2O6. The first-order valence-corrected chi connectivity index (χ1v) is 9.35. The molecule has 150 valence electrons. The fraction of sp³-hybridized carbons (Fsp3) is 0.944. The Kier molecular flexibility index (Phi) is 5.86. The van der Waals surface area contributed by atoms with E-state index in [1.165, 1.54) is 19.3 Å². The van der Waals surface area contributed by atoms with E-state index in [2.05, 4.69) is 11.7 Å². The first kappa shape index (κ1) is 19.9. The maximum absolute atomic E-state index is 13.2. The van der Waals surface area contributed by atoms with Crippen molar-refractivity contribution in [2.75, 3.05) is 33.0 Å². The van der Waals surface area contributed by atoms with Crippen LogP contribution in [0.3, 0.4) is 0 Å². The van der Waals surface area contributed by atoms with Crippen LogP contribution in [0.1, 0.15) is 45.4 Å². The molecule has 3 rings (SSSR count). The second-order valence-electron chi connectivity index (χ2n) is 8.22. The Balaban J connectivity index is 1.55. The summed E-state index contributed by atoms with van der Waals surface area (Å²) in [4.78, 5) is 10.5. The third kappa shape index (κ3) is 4.52. The molecule has 1 saturated heterocycles. The predicted octanol–water partition coefficient (Wildman–Crippen LogP) is 3.05. The van der Waals surface area contributed by atoms with Crippen molar-refractivity contribution in [1.82, 2.24) is 0 Å². The van der Waals surface area contributed by atoms with Crippen LogP contribution in [0.2, 0.25) is 0 Å². The number of hydrogen-bond acceptors (Lipinski definition) is 5. The SMILES string of the molecule is CC1CC2CCCC(COCC3(COC(F)(F)C(=O)O)OCCO3)(C1)C2. The molecule has 8 heteroatoms. The minimum Gasteiger partial charge on any atom is -0.475 e. The first-order valence-electron chi connectivity index (χ1n) is 9.35. The predicted molar refractivity (Wildman–Crippen MR) is 86.8 cm³/mol. The summed E-state index contributed by atoms with van der Waals surface area (Å²) in [5, 5.41) is 8.48. The summed E-state index contributed by atoms with van der Waals surface area (Å²) in [5.74, 6) is -2.39. The third-order valence-electron chi connectivity index (χ3n) is 5.82. The van der Waals surface area contributed by atoms with Gasteiger partial charge in [0.15, 0.2) is 0 Å². The molecular weight excluding hydrogens is 350 g/mol. The summed E-state index contributed by atoms with van der Waals surface area (Å²) in [6.07, 6.45) is 2.86. The Morgan fingerprint density at radius 1 is 1.23 bits per heavy atom. The molecule has 26 heavy (non-hydrogen) atoms.